The van der Waals surface area contributed by atoms with Gasteiger partial charge in [0.1, 0.15) is 21.8 Å². The molecule has 1 aliphatic carbocycles. The molecule has 0 bridgehead atoms. The van der Waals surface area contributed by atoms with Crippen LogP contribution in [0.3, 0.4) is 0 Å². The molecule has 0 spiro atoms. The first-order valence-electron chi connectivity index (χ1n) is 11.7. The Bertz CT molecular complexity index is 1670. The second kappa shape index (κ2) is 9.32. The van der Waals surface area contributed by atoms with Gasteiger partial charge in [-0.1, -0.05) is 6.07 Å². The predicted octanol–water partition coefficient (Wildman–Crippen LogP) is 1.98. The number of thiophene rings is 1. The van der Waals surface area contributed by atoms with E-state index in [0.717, 1.165) is 41.7 Å². The highest BCUT2D eigenvalue weighted by Crippen LogP contribution is 2.38. The second-order valence-electron chi connectivity index (χ2n) is 8.77. The monoisotopic (exact) mass is 506 g/mol. The minimum Gasteiger partial charge on any atom is -0.395 e. The van der Waals surface area contributed by atoms with Crippen molar-refractivity contribution in [3.63, 3.8) is 0 Å². The summed E-state index contributed by atoms with van der Waals surface area (Å²) in [6, 6.07) is 4.94. The normalized spacial score (nSPS) is 13.1. The highest BCUT2D eigenvalue weighted by atomic mass is 32.1. The molecule has 5 rings (SSSR count). The maximum atomic E-state index is 13.5. The number of pyridine rings is 2. The molecule has 0 saturated heterocycles. The van der Waals surface area contributed by atoms with Gasteiger partial charge in [-0.25, -0.2) is 4.98 Å². The van der Waals surface area contributed by atoms with Crippen LogP contribution in [0.15, 0.2) is 29.2 Å². The molecule has 0 aromatic carbocycles. The summed E-state index contributed by atoms with van der Waals surface area (Å²) in [4.78, 5) is 45.2. The summed E-state index contributed by atoms with van der Waals surface area (Å²) >= 11 is 1.38. The van der Waals surface area contributed by atoms with Crippen molar-refractivity contribution >= 4 is 44.8 Å². The fourth-order valence-corrected chi connectivity index (χ4v) is 6.06. The molecule has 0 saturated carbocycles. The van der Waals surface area contributed by atoms with Crippen molar-refractivity contribution in [2.45, 2.75) is 39.2 Å². The van der Waals surface area contributed by atoms with E-state index >= 15 is 0 Å². The van der Waals surface area contributed by atoms with Gasteiger partial charge in [-0.2, -0.15) is 0 Å². The van der Waals surface area contributed by atoms with Crippen molar-refractivity contribution in [2.24, 2.45) is 0 Å². The molecule has 0 fully saturated rings. The SMILES string of the molecule is CNC(=O)c1c(NC(=O)c2cc3c(=O)n4cccc(C)c4nc3n(CCO)c2=N)sc2c1CCCC2. The Morgan fingerprint density at radius 1 is 1.22 bits per heavy atom. The van der Waals surface area contributed by atoms with Crippen LogP contribution in [0.25, 0.3) is 16.7 Å². The summed E-state index contributed by atoms with van der Waals surface area (Å²) in [5.41, 5.74) is 2.27. The fourth-order valence-electron chi connectivity index (χ4n) is 4.78. The topological polar surface area (TPSA) is 142 Å². The summed E-state index contributed by atoms with van der Waals surface area (Å²) < 4.78 is 2.78. The summed E-state index contributed by atoms with van der Waals surface area (Å²) in [5.74, 6) is -0.875. The van der Waals surface area contributed by atoms with E-state index in [4.69, 9.17) is 5.41 Å². The van der Waals surface area contributed by atoms with E-state index in [1.165, 1.54) is 26.4 Å². The third-order valence-corrected chi connectivity index (χ3v) is 7.76. The van der Waals surface area contributed by atoms with Crippen LogP contribution in [0.5, 0.6) is 0 Å². The van der Waals surface area contributed by atoms with Crippen molar-refractivity contribution in [2.75, 3.05) is 19.0 Å². The molecule has 4 aromatic heterocycles. The number of aromatic nitrogens is 3. The number of carbonyl (C=O) groups excluding carboxylic acids is 2. The van der Waals surface area contributed by atoms with Crippen molar-refractivity contribution in [1.82, 2.24) is 19.3 Å². The minimum atomic E-state index is -0.605. The maximum Gasteiger partial charge on any atom is 0.267 e. The molecule has 1 aliphatic rings. The lowest BCUT2D eigenvalue weighted by Gasteiger charge is -2.15. The molecule has 0 unspecified atom stereocenters. The van der Waals surface area contributed by atoms with Gasteiger partial charge in [0.25, 0.3) is 17.4 Å². The number of aliphatic hydroxyl groups is 1. The molecule has 4 heterocycles. The van der Waals surface area contributed by atoms with E-state index in [9.17, 15) is 19.5 Å². The summed E-state index contributed by atoms with van der Waals surface area (Å²) in [7, 11) is 1.55. The van der Waals surface area contributed by atoms with Crippen molar-refractivity contribution < 1.29 is 14.7 Å². The Kier molecular flexibility index (Phi) is 6.19. The highest BCUT2D eigenvalue weighted by Gasteiger charge is 2.27. The number of carbonyl (C=O) groups is 2. The summed E-state index contributed by atoms with van der Waals surface area (Å²) in [6.07, 6.45) is 5.24. The Hall–Kier alpha value is -3.83. The van der Waals surface area contributed by atoms with Crippen LogP contribution in [0.4, 0.5) is 5.00 Å². The largest absolute Gasteiger partial charge is 0.395 e. The molecule has 11 heteroatoms. The lowest BCUT2D eigenvalue weighted by atomic mass is 9.95. The average molecular weight is 507 g/mol. The molecule has 4 N–H and O–H groups in total. The first-order chi connectivity index (χ1) is 17.3. The number of nitrogens with one attached hydrogen (secondary N) is 3. The molecule has 10 nitrogen and oxygen atoms in total. The van der Waals surface area contributed by atoms with Crippen LogP contribution in [0.1, 0.15) is 49.6 Å². The van der Waals surface area contributed by atoms with Gasteiger partial charge in [0.05, 0.1) is 23.1 Å². The van der Waals surface area contributed by atoms with Gasteiger partial charge >= 0.3 is 0 Å². The zero-order valence-electron chi connectivity index (χ0n) is 20.0. The third kappa shape index (κ3) is 3.80. The first kappa shape index (κ1) is 23.9. The quantitative estimate of drug-likeness (QED) is 0.306. The van der Waals surface area contributed by atoms with Crippen LogP contribution in [0.2, 0.25) is 0 Å². The number of aliphatic hydroxyl groups excluding tert-OH is 1. The van der Waals surface area contributed by atoms with Crippen LogP contribution >= 0.6 is 11.3 Å². The van der Waals surface area contributed by atoms with Crippen LogP contribution in [-0.2, 0) is 19.4 Å². The number of nitrogens with zero attached hydrogens (tertiary/aromatic N) is 3. The number of fused-ring (bicyclic) bond motifs is 3. The molecular weight excluding hydrogens is 480 g/mol. The average Bonchev–Trinajstić information content (AvgIpc) is 3.23. The minimum absolute atomic E-state index is 0.0122. The number of hydrogen-bond donors (Lipinski definition) is 4. The zero-order valence-corrected chi connectivity index (χ0v) is 20.8. The van der Waals surface area contributed by atoms with Gasteiger partial charge in [-0.05, 0) is 55.9 Å². The van der Waals surface area contributed by atoms with Gasteiger partial charge in [-0.15, -0.1) is 11.3 Å². The summed E-state index contributed by atoms with van der Waals surface area (Å²) in [5, 5.41) is 24.5. The van der Waals surface area contributed by atoms with E-state index in [-0.39, 0.29) is 46.7 Å². The Morgan fingerprint density at radius 2 is 2.00 bits per heavy atom. The molecule has 2 amide bonds. The van der Waals surface area contributed by atoms with E-state index in [2.05, 4.69) is 15.6 Å². The number of hydrogen-bond acceptors (Lipinski definition) is 7. The number of amides is 2. The number of rotatable bonds is 5. The van der Waals surface area contributed by atoms with Crippen LogP contribution in [-0.4, -0.2) is 44.5 Å². The van der Waals surface area contributed by atoms with E-state index in [1.54, 1.807) is 19.3 Å². The fraction of sp³-hybridized carbons (Fsp3) is 0.320. The van der Waals surface area contributed by atoms with Crippen molar-refractivity contribution in [1.29, 1.82) is 5.41 Å². The lowest BCUT2D eigenvalue weighted by Crippen LogP contribution is -2.33. The molecule has 0 atom stereocenters. The standard InChI is InChI=1S/C25H26N6O4S/c1-13-6-5-9-31-20(13)28-21-16(25(31)35)12-15(19(26)30(21)10-11-32)22(33)29-24-18(23(34)27-2)14-7-3-4-8-17(14)36-24/h5-6,9,12,26,32H,3-4,7-8,10-11H2,1-2H3,(H,27,34)(H,29,33). The van der Waals surface area contributed by atoms with E-state index in [0.29, 0.717) is 16.2 Å². The Balaban J connectivity index is 1.68. The Labute approximate surface area is 209 Å². The van der Waals surface area contributed by atoms with Gasteiger partial charge in [0, 0.05) is 24.7 Å². The van der Waals surface area contributed by atoms with Gasteiger partial charge in [0.2, 0.25) is 0 Å². The molecule has 36 heavy (non-hydrogen) atoms. The summed E-state index contributed by atoms with van der Waals surface area (Å²) in [6.45, 7) is 1.52. The first-order valence-corrected chi connectivity index (χ1v) is 12.6. The Morgan fingerprint density at radius 3 is 2.75 bits per heavy atom. The van der Waals surface area contributed by atoms with Gasteiger partial charge in [-0.3, -0.25) is 24.2 Å². The van der Waals surface area contributed by atoms with Crippen LogP contribution < -0.4 is 21.7 Å². The van der Waals surface area contributed by atoms with Crippen LogP contribution in [0, 0.1) is 12.3 Å². The van der Waals surface area contributed by atoms with E-state index in [1.807, 2.05) is 13.0 Å². The molecular formula is C25H26N6O4S. The zero-order chi connectivity index (χ0) is 25.6. The molecule has 0 aliphatic heterocycles. The third-order valence-electron chi connectivity index (χ3n) is 6.55. The van der Waals surface area contributed by atoms with E-state index < -0.39 is 5.91 Å². The van der Waals surface area contributed by atoms with Crippen molar-refractivity contribution in [3.8, 4) is 0 Å². The lowest BCUT2D eigenvalue weighted by molar-refractivity contribution is 0.0963. The molecule has 0 radical (unpaired) electrons. The highest BCUT2D eigenvalue weighted by molar-refractivity contribution is 7.17. The molecule has 186 valence electrons. The van der Waals surface area contributed by atoms with Gasteiger partial charge < -0.3 is 20.3 Å². The number of aryl methyl sites for hydroxylation is 2. The second-order valence-corrected chi connectivity index (χ2v) is 9.87. The predicted molar refractivity (Wildman–Crippen MR) is 137 cm³/mol. The maximum absolute atomic E-state index is 13.5. The van der Waals surface area contributed by atoms with Crippen molar-refractivity contribution in [3.05, 3.63) is 67.4 Å². The molecule has 4 aromatic rings. The van der Waals surface area contributed by atoms with Gasteiger partial charge in [0.15, 0.2) is 0 Å². The smallest absolute Gasteiger partial charge is 0.267 e. The number of anilines is 1.